The Bertz CT molecular complexity index is 905. The van der Waals surface area contributed by atoms with Crippen molar-refractivity contribution in [3.05, 3.63) is 46.1 Å². The summed E-state index contributed by atoms with van der Waals surface area (Å²) in [7, 11) is 0. The van der Waals surface area contributed by atoms with E-state index in [2.05, 4.69) is 39.0 Å². The minimum atomic E-state index is -0.369. The summed E-state index contributed by atoms with van der Waals surface area (Å²) in [5.41, 5.74) is 9.52. The number of nitrogens with zero attached hydrogens (tertiary/aromatic N) is 1. The average Bonchev–Trinajstić information content (AvgIpc) is 2.75. The normalized spacial score (nSPS) is 23.2. The van der Waals surface area contributed by atoms with Crippen molar-refractivity contribution in [2.24, 2.45) is 17.1 Å². The molecular weight excluding hydrogens is 436 g/mol. The largest absolute Gasteiger partial charge is 0.466 e. The summed E-state index contributed by atoms with van der Waals surface area (Å²) in [4.78, 5) is 26.8. The first-order valence-corrected chi connectivity index (χ1v) is 12.6. The standard InChI is InChI=1S/C27H39ClN2O3/c1-5-33-25(32)11-14-30-18-22-20(17-29)7-6-12-27(22,16-24(30)31)21-9-8-19(23(28)15-21)10-13-26(2,3)4/h8-9,15,18,20H,5-7,10-14,16-17,29H2,1-4H3. The summed E-state index contributed by atoms with van der Waals surface area (Å²) in [6, 6.07) is 6.38. The van der Waals surface area contributed by atoms with Crippen molar-refractivity contribution in [1.29, 1.82) is 0 Å². The van der Waals surface area contributed by atoms with Crippen LogP contribution in [0.3, 0.4) is 0 Å². The second kappa shape index (κ2) is 10.6. The maximum Gasteiger partial charge on any atom is 0.307 e. The molecule has 1 aromatic carbocycles. The van der Waals surface area contributed by atoms with E-state index in [-0.39, 0.29) is 35.0 Å². The molecule has 0 bridgehead atoms. The molecule has 1 aromatic rings. The molecule has 2 aliphatic rings. The van der Waals surface area contributed by atoms with E-state index in [1.165, 1.54) is 5.57 Å². The maximum absolute atomic E-state index is 13.2. The Morgan fingerprint density at radius 1 is 1.33 bits per heavy atom. The van der Waals surface area contributed by atoms with Gasteiger partial charge >= 0.3 is 5.97 Å². The lowest BCUT2D eigenvalue weighted by atomic mass is 9.59. The van der Waals surface area contributed by atoms with Crippen LogP contribution in [0.2, 0.25) is 5.02 Å². The van der Waals surface area contributed by atoms with Gasteiger partial charge in [0.1, 0.15) is 0 Å². The summed E-state index contributed by atoms with van der Waals surface area (Å²) < 4.78 is 5.04. The van der Waals surface area contributed by atoms with E-state index in [0.717, 1.165) is 48.3 Å². The van der Waals surface area contributed by atoms with Gasteiger partial charge in [0, 0.05) is 29.6 Å². The van der Waals surface area contributed by atoms with Crippen LogP contribution < -0.4 is 5.73 Å². The summed E-state index contributed by atoms with van der Waals surface area (Å²) >= 11 is 6.76. The van der Waals surface area contributed by atoms with Crippen molar-refractivity contribution in [2.45, 2.75) is 78.1 Å². The third-order valence-electron chi connectivity index (χ3n) is 7.11. The number of fused-ring (bicyclic) bond motifs is 1. The number of ether oxygens (including phenoxy) is 1. The Balaban J connectivity index is 1.92. The zero-order valence-electron chi connectivity index (χ0n) is 20.6. The van der Waals surface area contributed by atoms with Gasteiger partial charge in [-0.15, -0.1) is 0 Å². The molecule has 182 valence electrons. The van der Waals surface area contributed by atoms with Crippen molar-refractivity contribution in [3.63, 3.8) is 0 Å². The first-order chi connectivity index (χ1) is 15.6. The van der Waals surface area contributed by atoms with Gasteiger partial charge < -0.3 is 15.4 Å². The fourth-order valence-electron chi connectivity index (χ4n) is 5.21. The average molecular weight is 475 g/mol. The van der Waals surface area contributed by atoms with Gasteiger partial charge in [0.2, 0.25) is 5.91 Å². The number of aryl methyl sites for hydroxylation is 1. The molecule has 1 heterocycles. The summed E-state index contributed by atoms with van der Waals surface area (Å²) in [5.74, 6) is -0.0258. The second-order valence-electron chi connectivity index (χ2n) is 10.7. The Morgan fingerprint density at radius 2 is 2.09 bits per heavy atom. The first kappa shape index (κ1) is 25.8. The van der Waals surface area contributed by atoms with Crippen LogP contribution in [0.15, 0.2) is 30.0 Å². The lowest BCUT2D eigenvalue weighted by molar-refractivity contribution is -0.143. The molecule has 6 heteroatoms. The van der Waals surface area contributed by atoms with Gasteiger partial charge in [0.15, 0.2) is 0 Å². The van der Waals surface area contributed by atoms with Crippen molar-refractivity contribution in [2.75, 3.05) is 19.7 Å². The minimum absolute atomic E-state index is 0.0358. The number of amides is 1. The molecule has 2 N–H and O–H groups in total. The fourth-order valence-corrected chi connectivity index (χ4v) is 5.48. The van der Waals surface area contributed by atoms with Crippen molar-refractivity contribution < 1.29 is 14.3 Å². The van der Waals surface area contributed by atoms with Gasteiger partial charge in [0.05, 0.1) is 13.0 Å². The van der Waals surface area contributed by atoms with E-state index in [0.29, 0.717) is 26.1 Å². The van der Waals surface area contributed by atoms with Gasteiger partial charge in [-0.1, -0.05) is 50.9 Å². The monoisotopic (exact) mass is 474 g/mol. The number of benzene rings is 1. The molecular formula is C27H39ClN2O3. The van der Waals surface area contributed by atoms with E-state index in [1.54, 1.807) is 11.8 Å². The predicted molar refractivity (Wildman–Crippen MR) is 133 cm³/mol. The molecule has 1 amide bonds. The van der Waals surface area contributed by atoms with E-state index in [4.69, 9.17) is 22.1 Å². The van der Waals surface area contributed by atoms with Crippen LogP contribution in [0.4, 0.5) is 0 Å². The van der Waals surface area contributed by atoms with Crippen LogP contribution in [0.1, 0.15) is 77.3 Å². The van der Waals surface area contributed by atoms with Gasteiger partial charge in [-0.3, -0.25) is 9.59 Å². The third kappa shape index (κ3) is 5.99. The lowest BCUT2D eigenvalue weighted by Gasteiger charge is -2.48. The number of hydrogen-bond donors (Lipinski definition) is 1. The molecule has 2 unspecified atom stereocenters. The molecule has 2 atom stereocenters. The van der Waals surface area contributed by atoms with Gasteiger partial charge in [-0.25, -0.2) is 0 Å². The van der Waals surface area contributed by atoms with E-state index < -0.39 is 0 Å². The van der Waals surface area contributed by atoms with Gasteiger partial charge in [-0.05, 0) is 73.3 Å². The fraction of sp³-hybridized carbons (Fsp3) is 0.630. The summed E-state index contributed by atoms with van der Waals surface area (Å²) in [5, 5.41) is 0.775. The van der Waals surface area contributed by atoms with Crippen LogP contribution in [-0.4, -0.2) is 36.5 Å². The molecule has 0 radical (unpaired) electrons. The molecule has 0 saturated heterocycles. The smallest absolute Gasteiger partial charge is 0.307 e. The zero-order valence-corrected chi connectivity index (χ0v) is 21.3. The molecule has 33 heavy (non-hydrogen) atoms. The van der Waals surface area contributed by atoms with Crippen LogP contribution in [0.5, 0.6) is 0 Å². The van der Waals surface area contributed by atoms with E-state index in [1.807, 2.05) is 6.20 Å². The number of hydrogen-bond acceptors (Lipinski definition) is 4. The Hall–Kier alpha value is -1.85. The highest BCUT2D eigenvalue weighted by molar-refractivity contribution is 6.31. The Labute approximate surface area is 203 Å². The van der Waals surface area contributed by atoms with Gasteiger partial charge in [-0.2, -0.15) is 0 Å². The number of halogens is 1. The minimum Gasteiger partial charge on any atom is -0.466 e. The summed E-state index contributed by atoms with van der Waals surface area (Å²) in [6.45, 7) is 9.73. The van der Waals surface area contributed by atoms with Crippen molar-refractivity contribution >= 4 is 23.5 Å². The molecule has 1 aliphatic heterocycles. The molecule has 1 aliphatic carbocycles. The number of carbonyl (C=O) groups is 2. The highest BCUT2D eigenvalue weighted by Gasteiger charge is 2.47. The molecule has 0 spiro atoms. The number of nitrogens with two attached hydrogens (primary N) is 1. The quantitative estimate of drug-likeness (QED) is 0.513. The van der Waals surface area contributed by atoms with Crippen molar-refractivity contribution in [1.82, 2.24) is 4.90 Å². The number of esters is 1. The molecule has 5 nitrogen and oxygen atoms in total. The molecule has 0 aromatic heterocycles. The topological polar surface area (TPSA) is 72.6 Å². The predicted octanol–water partition coefficient (Wildman–Crippen LogP) is 5.38. The Kier molecular flexibility index (Phi) is 8.28. The highest BCUT2D eigenvalue weighted by Crippen LogP contribution is 2.51. The van der Waals surface area contributed by atoms with Crippen LogP contribution in [0, 0.1) is 11.3 Å². The van der Waals surface area contributed by atoms with Gasteiger partial charge in [0.25, 0.3) is 0 Å². The zero-order chi connectivity index (χ0) is 24.2. The Morgan fingerprint density at radius 3 is 2.73 bits per heavy atom. The van der Waals surface area contributed by atoms with Crippen LogP contribution in [0.25, 0.3) is 0 Å². The maximum atomic E-state index is 13.2. The van der Waals surface area contributed by atoms with Crippen molar-refractivity contribution in [3.8, 4) is 0 Å². The second-order valence-corrected chi connectivity index (χ2v) is 11.1. The summed E-state index contributed by atoms with van der Waals surface area (Å²) in [6.07, 6.45) is 7.50. The number of carbonyl (C=O) groups excluding carboxylic acids is 2. The number of rotatable bonds is 8. The van der Waals surface area contributed by atoms with E-state index >= 15 is 0 Å². The van der Waals surface area contributed by atoms with Crippen LogP contribution in [-0.2, 0) is 26.2 Å². The third-order valence-corrected chi connectivity index (χ3v) is 7.47. The molecule has 3 rings (SSSR count). The molecule has 1 saturated carbocycles. The SMILES string of the molecule is CCOC(=O)CCN1C=C2C(CN)CCCC2(c2ccc(CCC(C)(C)C)c(Cl)c2)CC1=O. The highest BCUT2D eigenvalue weighted by atomic mass is 35.5. The lowest BCUT2D eigenvalue weighted by Crippen LogP contribution is -2.47. The van der Waals surface area contributed by atoms with E-state index in [9.17, 15) is 9.59 Å². The van der Waals surface area contributed by atoms with Crippen LogP contribution >= 0.6 is 11.6 Å². The molecule has 1 fully saturated rings. The first-order valence-electron chi connectivity index (χ1n) is 12.3.